The molecule has 8 nitrogen and oxygen atoms in total. The number of nitrogens with one attached hydrogen (secondary N) is 2. The van der Waals surface area contributed by atoms with E-state index in [1.807, 2.05) is 0 Å². The largest absolute Gasteiger partial charge is 0.352 e. The molecule has 0 unspecified atom stereocenters. The van der Waals surface area contributed by atoms with Crippen LogP contribution in [-0.2, 0) is 29.4 Å². The normalized spacial score (nSPS) is 16.9. The number of rotatable bonds is 7. The van der Waals surface area contributed by atoms with Gasteiger partial charge in [-0.1, -0.05) is 18.0 Å². The van der Waals surface area contributed by atoms with E-state index in [-0.39, 0.29) is 27.4 Å². The van der Waals surface area contributed by atoms with Gasteiger partial charge in [-0.3, -0.25) is 4.79 Å². The third-order valence-electron chi connectivity index (χ3n) is 5.20. The highest BCUT2D eigenvalue weighted by Gasteiger charge is 2.29. The van der Waals surface area contributed by atoms with Gasteiger partial charge in [-0.2, -0.15) is 0 Å². The maximum atomic E-state index is 12.5. The zero-order chi connectivity index (χ0) is 20.4. The van der Waals surface area contributed by atoms with E-state index in [4.69, 9.17) is 11.6 Å². The molecule has 0 saturated heterocycles. The van der Waals surface area contributed by atoms with Gasteiger partial charge < -0.3 is 9.88 Å². The standard InChI is InChI=1S/C19H24ClN5O3S/c20-15-8-5-13(12-16(15)29(27,28)24-14-6-7-14)19(26)21-10-9-18-23-22-17-4-2-1-3-11-25(17)18/h5,8,12,14,24H,1-4,6-7,9-11H2,(H,21,26). The first-order chi connectivity index (χ1) is 13.9. The Morgan fingerprint density at radius 2 is 2.03 bits per heavy atom. The molecule has 1 aliphatic heterocycles. The SMILES string of the molecule is O=C(NCCc1nnc2n1CCCCC2)c1ccc(Cl)c(S(=O)(=O)NC2CC2)c1. The molecule has 0 bridgehead atoms. The lowest BCUT2D eigenvalue weighted by atomic mass is 10.2. The van der Waals surface area contributed by atoms with Crippen LogP contribution >= 0.6 is 11.6 Å². The number of nitrogens with zero attached hydrogens (tertiary/aromatic N) is 3. The first kappa shape index (κ1) is 20.3. The summed E-state index contributed by atoms with van der Waals surface area (Å²) in [6.07, 6.45) is 6.59. The molecule has 1 fully saturated rings. The minimum absolute atomic E-state index is 0.0353. The number of fused-ring (bicyclic) bond motifs is 1. The lowest BCUT2D eigenvalue weighted by Crippen LogP contribution is -2.28. The Bertz CT molecular complexity index is 1020. The zero-order valence-electron chi connectivity index (χ0n) is 16.0. The summed E-state index contributed by atoms with van der Waals surface area (Å²) in [5, 5.41) is 11.4. The molecular weight excluding hydrogens is 414 g/mol. The molecule has 4 rings (SSSR count). The van der Waals surface area contributed by atoms with Crippen LogP contribution in [0.15, 0.2) is 23.1 Å². The van der Waals surface area contributed by atoms with Crippen LogP contribution in [-0.4, -0.2) is 41.7 Å². The summed E-state index contributed by atoms with van der Waals surface area (Å²) in [6, 6.07) is 4.26. The van der Waals surface area contributed by atoms with Gasteiger partial charge in [0, 0.05) is 37.5 Å². The van der Waals surface area contributed by atoms with Crippen molar-refractivity contribution >= 4 is 27.5 Å². The number of aryl methyl sites for hydroxylation is 1. The second kappa shape index (κ2) is 8.41. The van der Waals surface area contributed by atoms with Gasteiger partial charge in [0.25, 0.3) is 5.91 Å². The number of carbonyl (C=O) groups is 1. The fraction of sp³-hybridized carbons (Fsp3) is 0.526. The first-order valence-electron chi connectivity index (χ1n) is 9.95. The van der Waals surface area contributed by atoms with Crippen LogP contribution in [0, 0.1) is 0 Å². The molecule has 0 radical (unpaired) electrons. The number of aromatic nitrogens is 3. The number of carbonyl (C=O) groups excluding carboxylic acids is 1. The van der Waals surface area contributed by atoms with Gasteiger partial charge in [0.15, 0.2) is 0 Å². The number of hydrogen-bond donors (Lipinski definition) is 2. The van der Waals surface area contributed by atoms with Crippen molar-refractivity contribution in [3.05, 3.63) is 40.4 Å². The molecule has 0 spiro atoms. The van der Waals surface area contributed by atoms with Gasteiger partial charge in [-0.05, 0) is 43.9 Å². The molecule has 1 aromatic heterocycles. The van der Waals surface area contributed by atoms with E-state index in [1.165, 1.54) is 24.6 Å². The summed E-state index contributed by atoms with van der Waals surface area (Å²) >= 11 is 6.07. The third kappa shape index (κ3) is 4.79. The molecule has 1 aromatic carbocycles. The Kier molecular flexibility index (Phi) is 5.89. The lowest BCUT2D eigenvalue weighted by molar-refractivity contribution is 0.0953. The molecular formula is C19H24ClN5O3S. The minimum atomic E-state index is -3.74. The number of sulfonamides is 1. The number of amides is 1. The third-order valence-corrected chi connectivity index (χ3v) is 7.20. The second-order valence-electron chi connectivity index (χ2n) is 7.54. The van der Waals surface area contributed by atoms with E-state index >= 15 is 0 Å². The summed E-state index contributed by atoms with van der Waals surface area (Å²) in [7, 11) is -3.74. The highest BCUT2D eigenvalue weighted by molar-refractivity contribution is 7.89. The topological polar surface area (TPSA) is 106 Å². The fourth-order valence-corrected chi connectivity index (χ4v) is 5.29. The van der Waals surface area contributed by atoms with Crippen LogP contribution in [0.4, 0.5) is 0 Å². The Morgan fingerprint density at radius 1 is 1.21 bits per heavy atom. The number of halogens is 1. The first-order valence-corrected chi connectivity index (χ1v) is 11.8. The smallest absolute Gasteiger partial charge is 0.251 e. The van der Waals surface area contributed by atoms with Crippen LogP contribution in [0.3, 0.4) is 0 Å². The Labute approximate surface area is 175 Å². The number of hydrogen-bond acceptors (Lipinski definition) is 5. The molecule has 2 aliphatic rings. The molecule has 1 aliphatic carbocycles. The monoisotopic (exact) mass is 437 g/mol. The summed E-state index contributed by atoms with van der Waals surface area (Å²) in [5.74, 6) is 1.54. The van der Waals surface area contributed by atoms with Gasteiger partial charge in [0.2, 0.25) is 10.0 Å². The van der Waals surface area contributed by atoms with Gasteiger partial charge in [0.1, 0.15) is 16.5 Å². The van der Waals surface area contributed by atoms with E-state index in [0.717, 1.165) is 50.3 Å². The molecule has 1 amide bonds. The summed E-state index contributed by atoms with van der Waals surface area (Å²) in [6.45, 7) is 1.31. The maximum Gasteiger partial charge on any atom is 0.251 e. The predicted molar refractivity (Wildman–Crippen MR) is 108 cm³/mol. The van der Waals surface area contributed by atoms with Gasteiger partial charge in [-0.15, -0.1) is 10.2 Å². The maximum absolute atomic E-state index is 12.5. The lowest BCUT2D eigenvalue weighted by Gasteiger charge is -2.11. The molecule has 1 saturated carbocycles. The quantitative estimate of drug-likeness (QED) is 0.689. The Hall–Kier alpha value is -1.97. The Morgan fingerprint density at radius 3 is 2.83 bits per heavy atom. The van der Waals surface area contributed by atoms with Gasteiger partial charge >= 0.3 is 0 Å². The van der Waals surface area contributed by atoms with Crippen molar-refractivity contribution in [3.8, 4) is 0 Å². The zero-order valence-corrected chi connectivity index (χ0v) is 17.6. The van der Waals surface area contributed by atoms with Crippen LogP contribution in [0.2, 0.25) is 5.02 Å². The van der Waals surface area contributed by atoms with E-state index < -0.39 is 10.0 Å². The predicted octanol–water partition coefficient (Wildman–Crippen LogP) is 2.07. The van der Waals surface area contributed by atoms with Crippen molar-refractivity contribution in [1.82, 2.24) is 24.8 Å². The van der Waals surface area contributed by atoms with E-state index in [1.54, 1.807) is 0 Å². The van der Waals surface area contributed by atoms with Crippen LogP contribution in [0.5, 0.6) is 0 Å². The second-order valence-corrected chi connectivity index (χ2v) is 9.63. The van der Waals surface area contributed by atoms with Crippen molar-refractivity contribution in [3.63, 3.8) is 0 Å². The summed E-state index contributed by atoms with van der Waals surface area (Å²) in [5.41, 5.74) is 0.255. The molecule has 29 heavy (non-hydrogen) atoms. The van der Waals surface area contributed by atoms with Crippen LogP contribution in [0.1, 0.15) is 54.1 Å². The fourth-order valence-electron chi connectivity index (χ4n) is 3.45. The van der Waals surface area contributed by atoms with Crippen molar-refractivity contribution < 1.29 is 13.2 Å². The highest BCUT2D eigenvalue weighted by atomic mass is 35.5. The van der Waals surface area contributed by atoms with E-state index in [2.05, 4.69) is 24.8 Å². The molecule has 2 heterocycles. The Balaban J connectivity index is 1.40. The summed E-state index contributed by atoms with van der Waals surface area (Å²) in [4.78, 5) is 12.5. The average molecular weight is 438 g/mol. The van der Waals surface area contributed by atoms with Crippen molar-refractivity contribution in [1.29, 1.82) is 0 Å². The van der Waals surface area contributed by atoms with Gasteiger partial charge in [0.05, 0.1) is 5.02 Å². The number of benzene rings is 1. The van der Waals surface area contributed by atoms with Crippen LogP contribution < -0.4 is 10.0 Å². The van der Waals surface area contributed by atoms with Crippen LogP contribution in [0.25, 0.3) is 0 Å². The molecule has 10 heteroatoms. The molecule has 2 aromatic rings. The van der Waals surface area contributed by atoms with Crippen molar-refractivity contribution in [2.75, 3.05) is 6.54 Å². The summed E-state index contributed by atoms with van der Waals surface area (Å²) < 4.78 is 29.7. The van der Waals surface area contributed by atoms with E-state index in [9.17, 15) is 13.2 Å². The van der Waals surface area contributed by atoms with Gasteiger partial charge in [-0.25, -0.2) is 13.1 Å². The minimum Gasteiger partial charge on any atom is -0.352 e. The van der Waals surface area contributed by atoms with Crippen molar-refractivity contribution in [2.45, 2.75) is 62.4 Å². The highest BCUT2D eigenvalue weighted by Crippen LogP contribution is 2.27. The average Bonchev–Trinajstić information content (AvgIpc) is 3.46. The molecule has 2 N–H and O–H groups in total. The van der Waals surface area contributed by atoms with E-state index in [0.29, 0.717) is 13.0 Å². The molecule has 156 valence electrons. The molecule has 0 atom stereocenters. The van der Waals surface area contributed by atoms with Crippen molar-refractivity contribution in [2.24, 2.45) is 0 Å².